The largest absolute Gasteiger partial charge is 0.459 e. The summed E-state index contributed by atoms with van der Waals surface area (Å²) in [6.45, 7) is 2.40. The van der Waals surface area contributed by atoms with Crippen molar-refractivity contribution in [1.82, 2.24) is 24.5 Å². The number of hydrogen-bond donors (Lipinski definition) is 1. The van der Waals surface area contributed by atoms with E-state index >= 15 is 0 Å². The summed E-state index contributed by atoms with van der Waals surface area (Å²) in [5, 5.41) is 4.91. The van der Waals surface area contributed by atoms with Gasteiger partial charge < -0.3 is 10.1 Å². The standard InChI is InChI=1S/C34H26N6O2S/c1-22(39-32-31-29(15-16-35-32)43-21-38-31)28-17-24-11-8-14-27(30(24)33(41)40(28)26-12-6-3-7-13-26)25-18-36-34(37-19-25)42-20-23-9-4-2-5-10-23/h2-19,21-22H,20H2,1H3,(H,35,39)/t22-/m0/s1. The Kier molecular flexibility index (Phi) is 7.06. The third-order valence-corrected chi connectivity index (χ3v) is 8.08. The fourth-order valence-corrected chi connectivity index (χ4v) is 5.89. The SMILES string of the molecule is C[C@H](Nc1nccc2scnc12)c1cc2cccc(-c3cnc(OCc4ccccc4)nc3)c2c(=O)n1-c1ccccc1. The summed E-state index contributed by atoms with van der Waals surface area (Å²) < 4.78 is 8.59. The second kappa shape index (κ2) is 11.5. The minimum Gasteiger partial charge on any atom is -0.459 e. The molecule has 0 bridgehead atoms. The number of fused-ring (bicyclic) bond motifs is 2. The van der Waals surface area contributed by atoms with Crippen LogP contribution in [0.4, 0.5) is 5.82 Å². The van der Waals surface area contributed by atoms with E-state index in [9.17, 15) is 4.79 Å². The maximum Gasteiger partial charge on any atom is 0.316 e. The van der Waals surface area contributed by atoms with Crippen molar-refractivity contribution in [3.63, 3.8) is 0 Å². The lowest BCUT2D eigenvalue weighted by atomic mass is 9.99. The fraction of sp³-hybridized carbons (Fsp3) is 0.0882. The number of para-hydroxylation sites is 1. The molecule has 4 heterocycles. The van der Waals surface area contributed by atoms with Crippen LogP contribution in [0.25, 0.3) is 37.8 Å². The van der Waals surface area contributed by atoms with E-state index in [1.54, 1.807) is 34.5 Å². The van der Waals surface area contributed by atoms with Gasteiger partial charge in [0.2, 0.25) is 0 Å². The van der Waals surface area contributed by atoms with Crippen LogP contribution < -0.4 is 15.6 Å². The normalized spacial score (nSPS) is 11.9. The summed E-state index contributed by atoms with van der Waals surface area (Å²) in [6, 6.07) is 29.4. The minimum absolute atomic E-state index is 0.132. The highest BCUT2D eigenvalue weighted by Gasteiger charge is 2.20. The summed E-state index contributed by atoms with van der Waals surface area (Å²) in [5.41, 5.74) is 6.58. The Balaban J connectivity index is 1.30. The number of benzene rings is 3. The lowest BCUT2D eigenvalue weighted by Crippen LogP contribution is -2.26. The van der Waals surface area contributed by atoms with Gasteiger partial charge >= 0.3 is 6.01 Å². The number of aromatic nitrogens is 5. The first-order chi connectivity index (χ1) is 21.2. The van der Waals surface area contributed by atoms with Gasteiger partial charge in [0.15, 0.2) is 5.82 Å². The van der Waals surface area contributed by atoms with Gasteiger partial charge in [0.25, 0.3) is 5.56 Å². The van der Waals surface area contributed by atoms with Crippen LogP contribution in [0.5, 0.6) is 6.01 Å². The molecule has 0 radical (unpaired) electrons. The highest BCUT2D eigenvalue weighted by atomic mass is 32.1. The number of rotatable bonds is 8. The Morgan fingerprint density at radius 3 is 2.44 bits per heavy atom. The molecule has 0 saturated carbocycles. The molecule has 210 valence electrons. The summed E-state index contributed by atoms with van der Waals surface area (Å²) in [5.74, 6) is 0.680. The number of thiazole rings is 1. The van der Waals surface area contributed by atoms with Crippen molar-refractivity contribution in [3.05, 3.63) is 137 Å². The predicted molar refractivity (Wildman–Crippen MR) is 171 cm³/mol. The van der Waals surface area contributed by atoms with Crippen LogP contribution in [-0.4, -0.2) is 24.5 Å². The molecule has 0 aliphatic heterocycles. The zero-order chi connectivity index (χ0) is 29.2. The molecule has 0 spiro atoms. The molecule has 9 heteroatoms. The van der Waals surface area contributed by atoms with E-state index in [1.807, 2.05) is 97.4 Å². The second-order valence-corrected chi connectivity index (χ2v) is 11.0. The molecule has 0 aliphatic rings. The highest BCUT2D eigenvalue weighted by Crippen LogP contribution is 2.31. The zero-order valence-electron chi connectivity index (χ0n) is 23.2. The molecule has 0 aliphatic carbocycles. The molecule has 0 saturated heterocycles. The van der Waals surface area contributed by atoms with Gasteiger partial charge in [-0.1, -0.05) is 66.7 Å². The fourth-order valence-electron chi connectivity index (χ4n) is 5.21. The van der Waals surface area contributed by atoms with Crippen molar-refractivity contribution in [1.29, 1.82) is 0 Å². The van der Waals surface area contributed by atoms with Gasteiger partial charge in [0, 0.05) is 35.5 Å². The predicted octanol–water partition coefficient (Wildman–Crippen LogP) is 7.20. The number of pyridine rings is 2. The van der Waals surface area contributed by atoms with E-state index in [-0.39, 0.29) is 17.6 Å². The van der Waals surface area contributed by atoms with E-state index in [4.69, 9.17) is 4.74 Å². The Morgan fingerprint density at radius 1 is 0.884 bits per heavy atom. The van der Waals surface area contributed by atoms with Crippen LogP contribution in [0.15, 0.2) is 120 Å². The van der Waals surface area contributed by atoms with Crippen molar-refractivity contribution >= 4 is 38.1 Å². The Hall–Kier alpha value is -5.41. The van der Waals surface area contributed by atoms with Gasteiger partial charge in [-0.05, 0) is 47.7 Å². The molecule has 0 amide bonds. The molecule has 1 N–H and O–H groups in total. The molecular weight excluding hydrogens is 556 g/mol. The molecular formula is C34H26N6O2S. The molecule has 0 unspecified atom stereocenters. The summed E-state index contributed by atoms with van der Waals surface area (Å²) in [4.78, 5) is 32.4. The first kappa shape index (κ1) is 26.5. The van der Waals surface area contributed by atoms with Gasteiger partial charge in [0.1, 0.15) is 12.1 Å². The van der Waals surface area contributed by atoms with Crippen molar-refractivity contribution in [2.75, 3.05) is 5.32 Å². The lowest BCUT2D eigenvalue weighted by molar-refractivity contribution is 0.281. The van der Waals surface area contributed by atoms with Crippen molar-refractivity contribution in [3.8, 4) is 22.8 Å². The molecule has 7 rings (SSSR count). The van der Waals surface area contributed by atoms with Gasteiger partial charge in [0.05, 0.1) is 21.6 Å². The first-order valence-corrected chi connectivity index (χ1v) is 14.7. The van der Waals surface area contributed by atoms with Crippen LogP contribution in [0.3, 0.4) is 0 Å². The average molecular weight is 583 g/mol. The van der Waals surface area contributed by atoms with Gasteiger partial charge in [-0.2, -0.15) is 0 Å². The third-order valence-electron chi connectivity index (χ3n) is 7.29. The van der Waals surface area contributed by atoms with E-state index in [0.717, 1.165) is 43.7 Å². The van der Waals surface area contributed by atoms with Crippen molar-refractivity contribution in [2.45, 2.75) is 19.6 Å². The number of ether oxygens (including phenoxy) is 1. The van der Waals surface area contributed by atoms with Crippen molar-refractivity contribution < 1.29 is 4.74 Å². The lowest BCUT2D eigenvalue weighted by Gasteiger charge is -2.22. The molecule has 7 aromatic rings. The van der Waals surface area contributed by atoms with E-state index in [0.29, 0.717) is 17.8 Å². The minimum atomic E-state index is -0.259. The van der Waals surface area contributed by atoms with Crippen LogP contribution in [0.1, 0.15) is 24.2 Å². The summed E-state index contributed by atoms with van der Waals surface area (Å²) >= 11 is 1.57. The van der Waals surface area contributed by atoms with E-state index in [1.165, 1.54) is 0 Å². The smallest absolute Gasteiger partial charge is 0.316 e. The Labute approximate surface area is 251 Å². The quantitative estimate of drug-likeness (QED) is 0.202. The van der Waals surface area contributed by atoms with E-state index in [2.05, 4.69) is 31.3 Å². The highest BCUT2D eigenvalue weighted by molar-refractivity contribution is 7.16. The van der Waals surface area contributed by atoms with Crippen LogP contribution in [0, 0.1) is 0 Å². The summed E-state index contributed by atoms with van der Waals surface area (Å²) in [6.07, 6.45) is 5.17. The zero-order valence-corrected chi connectivity index (χ0v) is 24.0. The Bertz CT molecular complexity index is 2090. The molecule has 43 heavy (non-hydrogen) atoms. The van der Waals surface area contributed by atoms with Crippen LogP contribution in [-0.2, 0) is 6.61 Å². The second-order valence-electron chi connectivity index (χ2n) is 10.1. The van der Waals surface area contributed by atoms with Gasteiger partial charge in [-0.15, -0.1) is 11.3 Å². The Morgan fingerprint density at radius 2 is 1.65 bits per heavy atom. The maximum atomic E-state index is 14.4. The van der Waals surface area contributed by atoms with Crippen molar-refractivity contribution in [2.24, 2.45) is 0 Å². The molecule has 3 aromatic carbocycles. The number of hydrogen-bond acceptors (Lipinski definition) is 8. The van der Waals surface area contributed by atoms with E-state index < -0.39 is 0 Å². The van der Waals surface area contributed by atoms with Gasteiger partial charge in [-0.25, -0.2) is 19.9 Å². The number of nitrogens with zero attached hydrogens (tertiary/aromatic N) is 5. The average Bonchev–Trinajstić information content (AvgIpc) is 3.55. The maximum absolute atomic E-state index is 14.4. The molecule has 1 atom stereocenters. The third kappa shape index (κ3) is 5.22. The van der Waals surface area contributed by atoms with Gasteiger partial charge in [-0.3, -0.25) is 9.36 Å². The van der Waals surface area contributed by atoms with Crippen LogP contribution in [0.2, 0.25) is 0 Å². The first-order valence-electron chi connectivity index (χ1n) is 13.8. The molecule has 4 aromatic heterocycles. The van der Waals surface area contributed by atoms with Crippen LogP contribution >= 0.6 is 11.3 Å². The molecule has 8 nitrogen and oxygen atoms in total. The monoisotopic (exact) mass is 582 g/mol. The topological polar surface area (TPSA) is 94.8 Å². The summed E-state index contributed by atoms with van der Waals surface area (Å²) in [7, 11) is 0. The molecule has 0 fully saturated rings. The number of nitrogens with one attached hydrogen (secondary N) is 1. The number of anilines is 1.